The van der Waals surface area contributed by atoms with Crippen LogP contribution in [0, 0.1) is 5.92 Å². The summed E-state index contributed by atoms with van der Waals surface area (Å²) < 4.78 is 23.3. The largest absolute Gasteiger partial charge is 0.381 e. The Bertz CT molecular complexity index is 546. The quantitative estimate of drug-likeness (QED) is 0.775. The van der Waals surface area contributed by atoms with E-state index in [-0.39, 0.29) is 4.90 Å². The van der Waals surface area contributed by atoms with Crippen molar-refractivity contribution in [2.45, 2.75) is 51.0 Å². The normalized spacial score (nSPS) is 14.8. The number of benzene rings is 1. The van der Waals surface area contributed by atoms with E-state index in [9.17, 15) is 8.42 Å². The molecule has 0 heterocycles. The van der Waals surface area contributed by atoms with E-state index in [2.05, 4.69) is 42.0 Å². The van der Waals surface area contributed by atoms with E-state index in [4.69, 9.17) is 5.14 Å². The van der Waals surface area contributed by atoms with Crippen LogP contribution < -0.4 is 10.5 Å². The van der Waals surface area contributed by atoms with E-state index in [1.54, 1.807) is 6.07 Å². The van der Waals surface area contributed by atoms with Crippen molar-refractivity contribution in [3.8, 4) is 0 Å². The molecule has 0 saturated carbocycles. The molecule has 0 amide bonds. The number of hydrogen-bond donors (Lipinski definition) is 2. The van der Waals surface area contributed by atoms with Crippen LogP contribution in [0.1, 0.15) is 40.0 Å². The van der Waals surface area contributed by atoms with E-state index in [1.807, 2.05) is 0 Å². The van der Waals surface area contributed by atoms with E-state index >= 15 is 0 Å². The lowest BCUT2D eigenvalue weighted by atomic mass is 9.97. The first-order valence-corrected chi connectivity index (χ1v) is 9.20. The Balaban J connectivity index is 2.87. The Morgan fingerprint density at radius 1 is 1.30 bits per heavy atom. The number of hydrogen-bond acceptors (Lipinski definition) is 3. The zero-order valence-corrected chi connectivity index (χ0v) is 14.6. The molecule has 1 aromatic rings. The van der Waals surface area contributed by atoms with Crippen molar-refractivity contribution in [2.24, 2.45) is 11.1 Å². The molecule has 0 aliphatic heterocycles. The fourth-order valence-electron chi connectivity index (χ4n) is 1.99. The van der Waals surface area contributed by atoms with Crippen LogP contribution in [0.15, 0.2) is 27.6 Å². The molecule has 114 valence electrons. The standard InChI is InChI=1S/C14H23BrN2O2S/c1-4-10(3)8-11(5-2)17-14-7-6-12(9-13(14)15)20(16,18)19/h6-7,9-11,17H,4-5,8H2,1-3H3,(H2,16,18,19). The first-order valence-electron chi connectivity index (χ1n) is 6.86. The van der Waals surface area contributed by atoms with Gasteiger partial charge in [0.25, 0.3) is 0 Å². The first kappa shape index (κ1) is 17.5. The molecule has 0 aromatic heterocycles. The highest BCUT2D eigenvalue weighted by molar-refractivity contribution is 9.10. The van der Waals surface area contributed by atoms with Gasteiger partial charge in [-0.05, 0) is 52.9 Å². The van der Waals surface area contributed by atoms with E-state index in [0.717, 1.165) is 24.9 Å². The van der Waals surface area contributed by atoms with Crippen molar-refractivity contribution < 1.29 is 8.42 Å². The van der Waals surface area contributed by atoms with Crippen LogP contribution in [0.5, 0.6) is 0 Å². The number of sulfonamides is 1. The molecule has 0 spiro atoms. The Labute approximate surface area is 130 Å². The minimum absolute atomic E-state index is 0.116. The monoisotopic (exact) mass is 362 g/mol. The maximum atomic E-state index is 11.3. The predicted octanol–water partition coefficient (Wildman–Crippen LogP) is 3.72. The first-order chi connectivity index (χ1) is 9.27. The highest BCUT2D eigenvalue weighted by atomic mass is 79.9. The second kappa shape index (κ2) is 7.43. The summed E-state index contributed by atoms with van der Waals surface area (Å²) in [7, 11) is -3.66. The van der Waals surface area contributed by atoms with Gasteiger partial charge in [0.15, 0.2) is 0 Å². The zero-order chi connectivity index (χ0) is 15.3. The van der Waals surface area contributed by atoms with Gasteiger partial charge < -0.3 is 5.32 Å². The highest BCUT2D eigenvalue weighted by Crippen LogP contribution is 2.27. The number of primary sulfonamides is 1. The van der Waals surface area contributed by atoms with E-state index in [0.29, 0.717) is 16.4 Å². The summed E-state index contributed by atoms with van der Waals surface area (Å²) in [6.45, 7) is 6.57. The Morgan fingerprint density at radius 2 is 1.95 bits per heavy atom. The maximum Gasteiger partial charge on any atom is 0.238 e. The molecule has 2 unspecified atom stereocenters. The smallest absolute Gasteiger partial charge is 0.238 e. The molecule has 0 saturated heterocycles. The summed E-state index contributed by atoms with van der Waals surface area (Å²) in [5, 5.41) is 8.58. The van der Waals surface area contributed by atoms with E-state index in [1.165, 1.54) is 12.1 Å². The molecular formula is C14H23BrN2O2S. The van der Waals surface area contributed by atoms with Gasteiger partial charge in [-0.2, -0.15) is 0 Å². The summed E-state index contributed by atoms with van der Waals surface area (Å²) >= 11 is 3.40. The molecule has 0 radical (unpaired) electrons. The van der Waals surface area contributed by atoms with Crippen molar-refractivity contribution in [3.63, 3.8) is 0 Å². The van der Waals surface area contributed by atoms with Crippen molar-refractivity contribution in [3.05, 3.63) is 22.7 Å². The summed E-state index contributed by atoms with van der Waals surface area (Å²) in [4.78, 5) is 0.116. The molecule has 3 N–H and O–H groups in total. The van der Waals surface area contributed by atoms with Gasteiger partial charge in [-0.15, -0.1) is 0 Å². The second-order valence-corrected chi connectivity index (χ2v) is 7.60. The van der Waals surface area contributed by atoms with Crippen LogP contribution in [-0.2, 0) is 10.0 Å². The predicted molar refractivity (Wildman–Crippen MR) is 87.3 cm³/mol. The molecule has 4 nitrogen and oxygen atoms in total. The Morgan fingerprint density at radius 3 is 2.40 bits per heavy atom. The number of nitrogens with two attached hydrogens (primary N) is 1. The van der Waals surface area contributed by atoms with E-state index < -0.39 is 10.0 Å². The summed E-state index contributed by atoms with van der Waals surface area (Å²) in [5.41, 5.74) is 0.896. The third-order valence-electron chi connectivity index (χ3n) is 3.51. The Kier molecular flexibility index (Phi) is 6.48. The second-order valence-electron chi connectivity index (χ2n) is 5.19. The van der Waals surface area contributed by atoms with Gasteiger partial charge in [0.1, 0.15) is 0 Å². The molecule has 20 heavy (non-hydrogen) atoms. The van der Waals surface area contributed by atoms with Gasteiger partial charge >= 0.3 is 0 Å². The SMILES string of the molecule is CCC(C)CC(CC)Nc1ccc(S(N)(=O)=O)cc1Br. The Hall–Kier alpha value is -0.590. The van der Waals surface area contributed by atoms with Gasteiger partial charge in [-0.1, -0.05) is 27.2 Å². The average molecular weight is 363 g/mol. The topological polar surface area (TPSA) is 72.2 Å². The summed E-state index contributed by atoms with van der Waals surface area (Å²) in [5.74, 6) is 0.662. The van der Waals surface area contributed by atoms with Gasteiger partial charge in [0.05, 0.1) is 4.90 Å². The third-order valence-corrected chi connectivity index (χ3v) is 5.07. The molecule has 0 bridgehead atoms. The van der Waals surface area contributed by atoms with Crippen molar-refractivity contribution in [1.29, 1.82) is 0 Å². The molecule has 0 aliphatic rings. The molecule has 1 aromatic carbocycles. The molecule has 0 aliphatic carbocycles. The fourth-order valence-corrected chi connectivity index (χ4v) is 3.17. The van der Waals surface area contributed by atoms with Crippen LogP contribution in [0.2, 0.25) is 0 Å². The summed E-state index contributed by atoms with van der Waals surface area (Å²) in [6, 6.07) is 5.19. The van der Waals surface area contributed by atoms with Crippen LogP contribution in [0.3, 0.4) is 0 Å². The van der Waals surface area contributed by atoms with Crippen molar-refractivity contribution in [1.82, 2.24) is 0 Å². The van der Waals surface area contributed by atoms with Gasteiger partial charge in [0.2, 0.25) is 10.0 Å². The number of anilines is 1. The molecule has 2 atom stereocenters. The number of nitrogens with one attached hydrogen (secondary N) is 1. The highest BCUT2D eigenvalue weighted by Gasteiger charge is 2.14. The number of rotatable bonds is 7. The maximum absolute atomic E-state index is 11.3. The van der Waals surface area contributed by atoms with Crippen molar-refractivity contribution in [2.75, 3.05) is 5.32 Å². The summed E-state index contributed by atoms with van der Waals surface area (Å²) in [6.07, 6.45) is 3.27. The zero-order valence-electron chi connectivity index (χ0n) is 12.2. The minimum atomic E-state index is -3.66. The van der Waals surface area contributed by atoms with Gasteiger partial charge in [-0.3, -0.25) is 0 Å². The lowest BCUT2D eigenvalue weighted by Crippen LogP contribution is -2.21. The van der Waals surface area contributed by atoms with Gasteiger partial charge in [-0.25, -0.2) is 13.6 Å². The number of halogens is 1. The lowest BCUT2D eigenvalue weighted by Gasteiger charge is -2.22. The van der Waals surface area contributed by atoms with Crippen LogP contribution >= 0.6 is 15.9 Å². The molecular weight excluding hydrogens is 340 g/mol. The van der Waals surface area contributed by atoms with Crippen LogP contribution in [0.25, 0.3) is 0 Å². The third kappa shape index (κ3) is 5.07. The van der Waals surface area contributed by atoms with Gasteiger partial charge in [0, 0.05) is 16.2 Å². The van der Waals surface area contributed by atoms with Crippen LogP contribution in [-0.4, -0.2) is 14.5 Å². The van der Waals surface area contributed by atoms with Crippen LogP contribution in [0.4, 0.5) is 5.69 Å². The minimum Gasteiger partial charge on any atom is -0.381 e. The molecule has 0 fully saturated rings. The molecule has 6 heteroatoms. The average Bonchev–Trinajstić information content (AvgIpc) is 2.38. The fraction of sp³-hybridized carbons (Fsp3) is 0.571. The lowest BCUT2D eigenvalue weighted by molar-refractivity contribution is 0.461. The molecule has 1 rings (SSSR count). The van der Waals surface area contributed by atoms with Crippen molar-refractivity contribution >= 4 is 31.6 Å².